The highest BCUT2D eigenvalue weighted by atomic mass is 32.1. The highest BCUT2D eigenvalue weighted by Crippen LogP contribution is 2.28. The number of amides is 4. The van der Waals surface area contributed by atoms with Crippen molar-refractivity contribution in [3.05, 3.63) is 0 Å². The third-order valence-electron chi connectivity index (χ3n) is 5.60. The molecule has 0 aromatic carbocycles. The minimum Gasteiger partial charge on any atom is -0.361 e. The Hall–Kier alpha value is -2.29. The van der Waals surface area contributed by atoms with E-state index in [1.165, 1.54) is 11.9 Å². The zero-order valence-electron chi connectivity index (χ0n) is 26.0. The van der Waals surface area contributed by atoms with Gasteiger partial charge < -0.3 is 26.0 Å². The number of nitrogens with one attached hydrogen (secondary N) is 3. The van der Waals surface area contributed by atoms with Crippen molar-refractivity contribution in [1.82, 2.24) is 25.8 Å². The Morgan fingerprint density at radius 1 is 1.03 bits per heavy atom. The predicted octanol–water partition coefficient (Wildman–Crippen LogP) is 2.22. The van der Waals surface area contributed by atoms with Gasteiger partial charge in [0.05, 0.1) is 17.3 Å². The van der Waals surface area contributed by atoms with Gasteiger partial charge in [-0.15, -0.1) is 12.8 Å². The summed E-state index contributed by atoms with van der Waals surface area (Å²) < 4.78 is 0. The molecule has 1 fully saturated rings. The molecule has 1 aliphatic heterocycles. The fraction of sp³-hybridized carbons (Fsp3) is 0.786. The van der Waals surface area contributed by atoms with Gasteiger partial charge in [0, 0.05) is 13.6 Å². The molecule has 4 amide bonds. The molecule has 1 unspecified atom stereocenters. The number of aliphatic hydroxyl groups excluding tert-OH is 1. The molecule has 0 bridgehead atoms. The van der Waals surface area contributed by atoms with E-state index in [2.05, 4.69) is 62.2 Å². The first-order valence-electron chi connectivity index (χ1n) is 13.6. The molecule has 39 heavy (non-hydrogen) atoms. The van der Waals surface area contributed by atoms with Crippen LogP contribution in [0.25, 0.3) is 0 Å². The molecule has 228 valence electrons. The Morgan fingerprint density at radius 2 is 1.51 bits per heavy atom. The van der Waals surface area contributed by atoms with Gasteiger partial charge in [-0.3, -0.25) is 19.2 Å². The van der Waals surface area contributed by atoms with Crippen LogP contribution in [-0.4, -0.2) is 88.9 Å². The molecule has 1 rings (SSSR count). The van der Waals surface area contributed by atoms with Crippen LogP contribution in [0.1, 0.15) is 81.6 Å². The van der Waals surface area contributed by atoms with Crippen LogP contribution in [0.3, 0.4) is 0 Å². The van der Waals surface area contributed by atoms with Crippen LogP contribution in [0.4, 0.5) is 0 Å². The lowest BCUT2D eigenvalue weighted by Gasteiger charge is -2.26. The average molecular weight is 574 g/mol. The smallest absolute Gasteiger partial charge is 0.245 e. The second-order valence-electron chi connectivity index (χ2n) is 10.5. The van der Waals surface area contributed by atoms with E-state index in [9.17, 15) is 24.3 Å². The molecule has 0 aromatic rings. The molecule has 0 spiro atoms. The van der Waals surface area contributed by atoms with Crippen molar-refractivity contribution >= 4 is 36.3 Å². The Bertz CT molecular complexity index is 755. The summed E-state index contributed by atoms with van der Waals surface area (Å²) in [6.45, 7) is 17.9. The second kappa shape index (κ2) is 21.5. The molecule has 4 N–H and O–H groups in total. The molecule has 3 atom stereocenters. The van der Waals surface area contributed by atoms with Gasteiger partial charge in [0.15, 0.2) is 6.35 Å². The number of terminal acetylenes is 1. The number of hydrogen-bond acceptors (Lipinski definition) is 7. The summed E-state index contributed by atoms with van der Waals surface area (Å²) in [5, 5.41) is 17.2. The van der Waals surface area contributed by atoms with Gasteiger partial charge in [0.1, 0.15) is 6.04 Å². The summed E-state index contributed by atoms with van der Waals surface area (Å²) in [6.07, 6.45) is 8.27. The number of likely N-dealkylation sites (N-methyl/N-ethyl adjacent to an activating group) is 2. The van der Waals surface area contributed by atoms with E-state index < -0.39 is 35.0 Å². The number of thiol groups is 1. The molecular weight excluding hydrogens is 518 g/mol. The van der Waals surface area contributed by atoms with Crippen molar-refractivity contribution in [2.75, 3.05) is 27.2 Å². The topological polar surface area (TPSA) is 131 Å². The van der Waals surface area contributed by atoms with Crippen LogP contribution < -0.4 is 16.0 Å². The van der Waals surface area contributed by atoms with E-state index in [-0.39, 0.29) is 31.3 Å². The molecular formula is C28H55N5O5S. The summed E-state index contributed by atoms with van der Waals surface area (Å²) >= 11 is 4.33. The summed E-state index contributed by atoms with van der Waals surface area (Å²) in [7, 11) is 3.13. The highest BCUT2D eigenvalue weighted by molar-refractivity contribution is 7.81. The van der Waals surface area contributed by atoms with Gasteiger partial charge in [0.2, 0.25) is 23.6 Å². The van der Waals surface area contributed by atoms with Crippen LogP contribution >= 0.6 is 12.6 Å². The van der Waals surface area contributed by atoms with Gasteiger partial charge in [-0.05, 0) is 52.0 Å². The van der Waals surface area contributed by atoms with E-state index in [0.717, 1.165) is 5.92 Å². The minimum atomic E-state index is -1.07. The van der Waals surface area contributed by atoms with Crippen LogP contribution in [0, 0.1) is 24.7 Å². The summed E-state index contributed by atoms with van der Waals surface area (Å²) in [5.74, 6) is -0.281. The van der Waals surface area contributed by atoms with Crippen LogP contribution in [0.15, 0.2) is 0 Å². The lowest BCUT2D eigenvalue weighted by atomic mass is 10.0. The lowest BCUT2D eigenvalue weighted by molar-refractivity contribution is -0.136. The molecule has 1 heterocycles. The first-order chi connectivity index (χ1) is 18.1. The fourth-order valence-corrected chi connectivity index (χ4v) is 3.32. The zero-order chi connectivity index (χ0) is 31.5. The fourth-order valence-electron chi connectivity index (χ4n) is 3.13. The highest BCUT2D eigenvalue weighted by Gasteiger charge is 2.49. The summed E-state index contributed by atoms with van der Waals surface area (Å²) in [5.41, 5.74) is -0.835. The average Bonchev–Trinajstić information content (AvgIpc) is 3.03. The lowest BCUT2D eigenvalue weighted by Crippen LogP contribution is -2.51. The first kappa shape index (κ1) is 41.2. The van der Waals surface area contributed by atoms with Crippen LogP contribution in [0.2, 0.25) is 0 Å². The van der Waals surface area contributed by atoms with Crippen molar-refractivity contribution < 1.29 is 24.3 Å². The summed E-state index contributed by atoms with van der Waals surface area (Å²) in [4.78, 5) is 51.9. The molecule has 0 saturated carbocycles. The van der Waals surface area contributed by atoms with Gasteiger partial charge in [0.25, 0.3) is 0 Å². The van der Waals surface area contributed by atoms with Crippen molar-refractivity contribution in [3.8, 4) is 12.8 Å². The monoisotopic (exact) mass is 573 g/mol. The Morgan fingerprint density at radius 3 is 1.90 bits per heavy atom. The SMILES string of the molecule is C#C.CC.CC(C)C.CNC(=O)CNC(=O)[C@H](CCC(C)C)NC(=O)[C@@H](S)CCN1C(=O)C(C)(C)N(C)C1O. The van der Waals surface area contributed by atoms with Gasteiger partial charge in [-0.1, -0.05) is 48.5 Å². The molecule has 0 aromatic heterocycles. The maximum Gasteiger partial charge on any atom is 0.245 e. The maximum absolute atomic E-state index is 12.6. The molecule has 0 aliphatic carbocycles. The third-order valence-corrected chi connectivity index (χ3v) is 6.10. The normalized spacial score (nSPS) is 17.4. The summed E-state index contributed by atoms with van der Waals surface area (Å²) in [6, 6.07) is -0.793. The largest absolute Gasteiger partial charge is 0.361 e. The van der Waals surface area contributed by atoms with Gasteiger partial charge >= 0.3 is 0 Å². The van der Waals surface area contributed by atoms with Crippen molar-refractivity contribution in [2.45, 2.75) is 105 Å². The first-order valence-corrected chi connectivity index (χ1v) is 14.1. The number of rotatable bonds is 11. The molecule has 1 aliphatic rings. The van der Waals surface area contributed by atoms with E-state index >= 15 is 0 Å². The second-order valence-corrected chi connectivity index (χ2v) is 11.1. The van der Waals surface area contributed by atoms with E-state index in [0.29, 0.717) is 18.8 Å². The number of nitrogens with zero attached hydrogens (tertiary/aromatic N) is 2. The van der Waals surface area contributed by atoms with E-state index in [4.69, 9.17) is 0 Å². The van der Waals surface area contributed by atoms with E-state index in [1.54, 1.807) is 25.8 Å². The molecule has 11 heteroatoms. The molecule has 0 radical (unpaired) electrons. The maximum atomic E-state index is 12.6. The van der Waals surface area contributed by atoms with Gasteiger partial charge in [-0.25, -0.2) is 4.90 Å². The Labute approximate surface area is 242 Å². The van der Waals surface area contributed by atoms with Crippen LogP contribution in [-0.2, 0) is 19.2 Å². The van der Waals surface area contributed by atoms with Crippen molar-refractivity contribution in [2.24, 2.45) is 11.8 Å². The zero-order valence-corrected chi connectivity index (χ0v) is 26.9. The minimum absolute atomic E-state index is 0.148. The third kappa shape index (κ3) is 15.8. The van der Waals surface area contributed by atoms with Crippen LogP contribution in [0.5, 0.6) is 0 Å². The number of hydrogen-bond donors (Lipinski definition) is 5. The number of carbonyl (C=O) groups is 4. The van der Waals surface area contributed by atoms with E-state index in [1.807, 2.05) is 27.7 Å². The predicted molar refractivity (Wildman–Crippen MR) is 162 cm³/mol. The Balaban J connectivity index is -0.00000145. The van der Waals surface area contributed by atoms with Crippen molar-refractivity contribution in [1.29, 1.82) is 0 Å². The molecule has 1 saturated heterocycles. The van der Waals surface area contributed by atoms with Crippen molar-refractivity contribution in [3.63, 3.8) is 0 Å². The standard InChI is InChI=1S/C20H37N5O5S.C4H10.C2H6.C2H2/c1-12(2)7-8-13(16(27)22-11-15(26)21-5)23-17(28)14(31)9-10-25-18(29)20(3,4)24(6)19(25)30;1-4(2)3;2*1-2/h12-14,19,30-31H,7-11H2,1-6H3,(H,21,26)(H,22,27)(H,23,28);4H,1-3H3;1-2H3;1-2H/t13-,14-,19?;;;/m0.../s1. The number of carbonyl (C=O) groups excluding carboxylic acids is 4. The number of aliphatic hydroxyl groups is 1. The van der Waals surface area contributed by atoms with Gasteiger partial charge in [-0.2, -0.15) is 12.6 Å². The molecule has 10 nitrogen and oxygen atoms in total. The quantitative estimate of drug-likeness (QED) is 0.190. The Kier molecular flexibility index (Phi) is 22.7.